The fraction of sp³-hybridized carbons (Fsp3) is 0.0500. The molecule has 0 amide bonds. The molecule has 0 unspecified atom stereocenters. The topological polar surface area (TPSA) is 59.9 Å². The van der Waals surface area contributed by atoms with E-state index in [9.17, 15) is 0 Å². The number of halogens is 2. The lowest BCUT2D eigenvalue weighted by Crippen LogP contribution is -2.00. The van der Waals surface area contributed by atoms with Crippen LogP contribution in [0.1, 0.15) is 0 Å². The van der Waals surface area contributed by atoms with E-state index in [1.54, 1.807) is 19.5 Å². The number of methoxy groups -OCH3 is 1. The summed E-state index contributed by atoms with van der Waals surface area (Å²) >= 11 is 3.50. The normalized spacial score (nSPS) is 10.3. The van der Waals surface area contributed by atoms with Gasteiger partial charge >= 0.3 is 0 Å². The molecule has 0 atom stereocenters. The van der Waals surface area contributed by atoms with Crippen molar-refractivity contribution in [3.63, 3.8) is 0 Å². The van der Waals surface area contributed by atoms with Crippen LogP contribution in [0, 0.1) is 0 Å². The van der Waals surface area contributed by atoms with Gasteiger partial charge in [0.1, 0.15) is 11.6 Å². The molecular formula is C20H16BrClN4O. The smallest absolute Gasteiger partial charge is 0.163 e. The zero-order valence-corrected chi connectivity index (χ0v) is 16.8. The van der Waals surface area contributed by atoms with Crippen molar-refractivity contribution in [2.24, 2.45) is 0 Å². The average molecular weight is 444 g/mol. The number of rotatable bonds is 4. The monoisotopic (exact) mass is 442 g/mol. The van der Waals surface area contributed by atoms with Gasteiger partial charge in [-0.2, -0.15) is 0 Å². The van der Waals surface area contributed by atoms with Gasteiger partial charge < -0.3 is 10.1 Å². The van der Waals surface area contributed by atoms with Crippen molar-refractivity contribution < 1.29 is 4.74 Å². The summed E-state index contributed by atoms with van der Waals surface area (Å²) in [5.74, 6) is 2.09. The van der Waals surface area contributed by atoms with E-state index >= 15 is 0 Å². The number of nitrogens with zero attached hydrogens (tertiary/aromatic N) is 3. The molecule has 136 valence electrons. The van der Waals surface area contributed by atoms with Gasteiger partial charge in [0.25, 0.3) is 0 Å². The summed E-state index contributed by atoms with van der Waals surface area (Å²) in [5.41, 5.74) is 2.62. The van der Waals surface area contributed by atoms with Gasteiger partial charge in [-0.3, -0.25) is 4.98 Å². The molecule has 0 saturated heterocycles. The Kier molecular flexibility index (Phi) is 5.88. The van der Waals surface area contributed by atoms with E-state index in [0.717, 1.165) is 32.4 Å². The molecule has 27 heavy (non-hydrogen) atoms. The van der Waals surface area contributed by atoms with Crippen molar-refractivity contribution in [2.45, 2.75) is 0 Å². The van der Waals surface area contributed by atoms with Crippen molar-refractivity contribution >= 4 is 50.7 Å². The molecule has 0 aliphatic rings. The van der Waals surface area contributed by atoms with Crippen LogP contribution in [0.4, 0.5) is 11.5 Å². The van der Waals surface area contributed by atoms with E-state index < -0.39 is 0 Å². The van der Waals surface area contributed by atoms with Crippen molar-refractivity contribution in [3.8, 4) is 17.1 Å². The van der Waals surface area contributed by atoms with Crippen molar-refractivity contribution in [3.05, 3.63) is 71.5 Å². The van der Waals surface area contributed by atoms with Gasteiger partial charge in [-0.1, -0.05) is 22.0 Å². The maximum Gasteiger partial charge on any atom is 0.163 e. The van der Waals surface area contributed by atoms with Crippen LogP contribution in [-0.4, -0.2) is 22.1 Å². The van der Waals surface area contributed by atoms with E-state index in [-0.39, 0.29) is 12.4 Å². The number of anilines is 2. The van der Waals surface area contributed by atoms with Gasteiger partial charge in [-0.05, 0) is 48.5 Å². The van der Waals surface area contributed by atoms with Gasteiger partial charge in [0.15, 0.2) is 5.82 Å². The van der Waals surface area contributed by atoms with Crippen LogP contribution in [-0.2, 0) is 0 Å². The molecule has 0 spiro atoms. The predicted octanol–water partition coefficient (Wildman–Crippen LogP) is 5.63. The lowest BCUT2D eigenvalue weighted by atomic mass is 10.2. The Balaban J connectivity index is 0.00000210. The number of fused-ring (bicyclic) bond motifs is 1. The van der Waals surface area contributed by atoms with E-state index in [1.807, 2.05) is 54.6 Å². The molecule has 0 aliphatic carbocycles. The van der Waals surface area contributed by atoms with Crippen LogP contribution in [0.15, 0.2) is 71.5 Å². The molecule has 7 heteroatoms. The Morgan fingerprint density at radius 2 is 1.89 bits per heavy atom. The number of benzene rings is 2. The third-order valence-corrected chi connectivity index (χ3v) is 4.40. The van der Waals surface area contributed by atoms with E-state index in [0.29, 0.717) is 11.6 Å². The molecule has 0 bridgehead atoms. The van der Waals surface area contributed by atoms with Crippen LogP contribution in [0.25, 0.3) is 22.3 Å². The maximum absolute atomic E-state index is 5.36. The number of pyridine rings is 1. The summed E-state index contributed by atoms with van der Waals surface area (Å²) in [4.78, 5) is 13.6. The highest BCUT2D eigenvalue weighted by molar-refractivity contribution is 9.10. The molecule has 2 aromatic carbocycles. The van der Waals surface area contributed by atoms with Gasteiger partial charge in [0, 0.05) is 33.5 Å². The zero-order valence-electron chi connectivity index (χ0n) is 14.4. The molecule has 4 aromatic rings. The Morgan fingerprint density at radius 1 is 1.00 bits per heavy atom. The van der Waals surface area contributed by atoms with Crippen molar-refractivity contribution in [2.75, 3.05) is 12.4 Å². The molecular weight excluding hydrogens is 428 g/mol. The number of nitrogens with one attached hydrogen (secondary N) is 1. The highest BCUT2D eigenvalue weighted by atomic mass is 79.9. The Bertz CT molecular complexity index is 1080. The van der Waals surface area contributed by atoms with E-state index in [1.165, 1.54) is 0 Å². The summed E-state index contributed by atoms with van der Waals surface area (Å²) in [6.45, 7) is 0. The van der Waals surface area contributed by atoms with Crippen LogP contribution >= 0.6 is 28.3 Å². The molecule has 5 nitrogen and oxygen atoms in total. The largest absolute Gasteiger partial charge is 0.497 e. The van der Waals surface area contributed by atoms with E-state index in [2.05, 4.69) is 31.2 Å². The molecule has 4 rings (SSSR count). The van der Waals surface area contributed by atoms with Gasteiger partial charge in [-0.15, -0.1) is 12.4 Å². The molecule has 0 saturated carbocycles. The Hall–Kier alpha value is -2.70. The van der Waals surface area contributed by atoms with Gasteiger partial charge in [0.05, 0.1) is 12.6 Å². The first-order valence-corrected chi connectivity index (χ1v) is 8.81. The fourth-order valence-electron chi connectivity index (χ4n) is 2.66. The van der Waals surface area contributed by atoms with Gasteiger partial charge in [0.2, 0.25) is 0 Å². The van der Waals surface area contributed by atoms with Gasteiger partial charge in [-0.25, -0.2) is 9.97 Å². The molecule has 2 heterocycles. The Labute approximate surface area is 171 Å². The third kappa shape index (κ3) is 4.18. The molecule has 0 radical (unpaired) electrons. The van der Waals surface area contributed by atoms with Crippen LogP contribution in [0.5, 0.6) is 5.75 Å². The van der Waals surface area contributed by atoms with Crippen molar-refractivity contribution in [1.82, 2.24) is 15.0 Å². The second-order valence-corrected chi connectivity index (χ2v) is 6.57. The third-order valence-electron chi connectivity index (χ3n) is 3.91. The maximum atomic E-state index is 5.36. The average Bonchev–Trinajstić information content (AvgIpc) is 2.68. The minimum atomic E-state index is 0. The Morgan fingerprint density at radius 3 is 2.63 bits per heavy atom. The number of hydrogen-bond acceptors (Lipinski definition) is 5. The molecule has 0 aliphatic heterocycles. The highest BCUT2D eigenvalue weighted by Crippen LogP contribution is 2.30. The first kappa shape index (κ1) is 19.1. The van der Waals surface area contributed by atoms with Crippen LogP contribution in [0.3, 0.4) is 0 Å². The van der Waals surface area contributed by atoms with Crippen LogP contribution in [0.2, 0.25) is 0 Å². The summed E-state index contributed by atoms with van der Waals surface area (Å²) in [5, 5.41) is 4.28. The second-order valence-electron chi connectivity index (χ2n) is 5.66. The number of ether oxygens (including phenoxy) is 1. The summed E-state index contributed by atoms with van der Waals surface area (Å²) in [6, 6.07) is 17.5. The minimum Gasteiger partial charge on any atom is -0.497 e. The highest BCUT2D eigenvalue weighted by Gasteiger charge is 2.11. The standard InChI is InChI=1S/C20H15BrN4O.ClH/c1-26-16-7-8-18-17(11-16)20(23-15-6-2-5-14(21)10-15)25-19(24-18)13-4-3-9-22-12-13;/h2-12H,1H3,(H,23,24,25);1H. The van der Waals surface area contributed by atoms with Crippen molar-refractivity contribution in [1.29, 1.82) is 0 Å². The number of aromatic nitrogens is 3. The molecule has 0 fully saturated rings. The summed E-state index contributed by atoms with van der Waals surface area (Å²) < 4.78 is 6.35. The zero-order chi connectivity index (χ0) is 17.9. The summed E-state index contributed by atoms with van der Waals surface area (Å²) in [6.07, 6.45) is 3.49. The SMILES string of the molecule is COc1ccc2nc(-c3cccnc3)nc(Nc3cccc(Br)c3)c2c1.Cl. The van der Waals surface area contributed by atoms with Crippen LogP contribution < -0.4 is 10.1 Å². The summed E-state index contributed by atoms with van der Waals surface area (Å²) in [7, 11) is 1.65. The second kappa shape index (κ2) is 8.33. The first-order valence-electron chi connectivity index (χ1n) is 8.02. The molecule has 2 aromatic heterocycles. The molecule has 1 N–H and O–H groups in total. The first-order chi connectivity index (χ1) is 12.7. The quantitative estimate of drug-likeness (QED) is 0.443. The minimum absolute atomic E-state index is 0. The predicted molar refractivity (Wildman–Crippen MR) is 114 cm³/mol. The number of hydrogen-bond donors (Lipinski definition) is 1. The van der Waals surface area contributed by atoms with E-state index in [4.69, 9.17) is 9.72 Å². The fourth-order valence-corrected chi connectivity index (χ4v) is 3.06. The lowest BCUT2D eigenvalue weighted by molar-refractivity contribution is 0.415. The lowest BCUT2D eigenvalue weighted by Gasteiger charge is -2.12.